The van der Waals surface area contributed by atoms with Crippen molar-refractivity contribution in [3.63, 3.8) is 0 Å². The Kier molecular flexibility index (Phi) is 4.17. The first-order valence-corrected chi connectivity index (χ1v) is 7.84. The van der Waals surface area contributed by atoms with Crippen LogP contribution in [-0.4, -0.2) is 28.3 Å². The van der Waals surface area contributed by atoms with Gasteiger partial charge in [-0.25, -0.2) is 0 Å². The zero-order chi connectivity index (χ0) is 16.4. The molecule has 23 heavy (non-hydrogen) atoms. The molecule has 1 aromatic carbocycles. The van der Waals surface area contributed by atoms with Gasteiger partial charge < -0.3 is 14.6 Å². The van der Waals surface area contributed by atoms with Gasteiger partial charge in [0.1, 0.15) is 11.6 Å². The van der Waals surface area contributed by atoms with E-state index in [1.54, 1.807) is 0 Å². The normalized spacial score (nSPS) is 22.0. The molecule has 2 atom stereocenters. The van der Waals surface area contributed by atoms with Crippen molar-refractivity contribution >= 4 is 5.91 Å². The van der Waals surface area contributed by atoms with Crippen LogP contribution in [0.4, 0.5) is 0 Å². The number of aryl methyl sites for hydroxylation is 1. The number of amides is 1. The molecule has 1 amide bonds. The van der Waals surface area contributed by atoms with E-state index in [1.807, 2.05) is 45.0 Å². The summed E-state index contributed by atoms with van der Waals surface area (Å²) in [5.74, 6) is 0.777. The smallest absolute Gasteiger partial charge is 0.252 e. The molecule has 0 aliphatic carbocycles. The molecule has 0 radical (unpaired) electrons. The third-order valence-electron chi connectivity index (χ3n) is 4.24. The van der Waals surface area contributed by atoms with Crippen LogP contribution in [0.5, 0.6) is 0 Å². The van der Waals surface area contributed by atoms with Crippen molar-refractivity contribution in [1.29, 1.82) is 0 Å². The number of benzene rings is 1. The molecule has 2 aromatic rings. The lowest BCUT2D eigenvalue weighted by molar-refractivity contribution is -0.140. The quantitative estimate of drug-likeness (QED) is 0.938. The van der Waals surface area contributed by atoms with Crippen LogP contribution in [0.15, 0.2) is 28.8 Å². The van der Waals surface area contributed by atoms with E-state index in [-0.39, 0.29) is 11.9 Å². The molecule has 1 fully saturated rings. The van der Waals surface area contributed by atoms with Gasteiger partial charge in [-0.1, -0.05) is 29.4 Å². The number of hydrogen-bond acceptors (Lipinski definition) is 5. The van der Waals surface area contributed by atoms with Gasteiger partial charge in [-0.3, -0.25) is 4.79 Å². The summed E-state index contributed by atoms with van der Waals surface area (Å²) < 4.78 is 10.9. The summed E-state index contributed by atoms with van der Waals surface area (Å²) in [6, 6.07) is 7.47. The van der Waals surface area contributed by atoms with Gasteiger partial charge in [0.2, 0.25) is 11.7 Å². The topological polar surface area (TPSA) is 77.2 Å². The zero-order valence-corrected chi connectivity index (χ0v) is 13.6. The van der Waals surface area contributed by atoms with Gasteiger partial charge in [0.25, 0.3) is 5.91 Å². The van der Waals surface area contributed by atoms with E-state index in [1.165, 1.54) is 0 Å². The Hall–Kier alpha value is -2.21. The van der Waals surface area contributed by atoms with Gasteiger partial charge >= 0.3 is 0 Å². The predicted molar refractivity (Wildman–Crippen MR) is 84.6 cm³/mol. The fourth-order valence-corrected chi connectivity index (χ4v) is 2.71. The highest BCUT2D eigenvalue weighted by Gasteiger charge is 2.38. The molecular formula is C17H21N3O3. The first kappa shape index (κ1) is 15.7. The molecule has 0 unspecified atom stereocenters. The second-order valence-corrected chi connectivity index (χ2v) is 6.15. The largest absolute Gasteiger partial charge is 0.365 e. The summed E-state index contributed by atoms with van der Waals surface area (Å²) in [5.41, 5.74) is 1.24. The lowest BCUT2D eigenvalue weighted by atomic mass is 10.0. The van der Waals surface area contributed by atoms with Crippen molar-refractivity contribution in [2.24, 2.45) is 0 Å². The molecule has 0 bridgehead atoms. The van der Waals surface area contributed by atoms with Gasteiger partial charge in [-0.05, 0) is 39.2 Å². The van der Waals surface area contributed by atoms with Gasteiger partial charge in [-0.15, -0.1) is 0 Å². The van der Waals surface area contributed by atoms with Crippen molar-refractivity contribution in [3.8, 4) is 11.4 Å². The van der Waals surface area contributed by atoms with E-state index in [0.29, 0.717) is 18.3 Å². The van der Waals surface area contributed by atoms with Crippen LogP contribution in [0.2, 0.25) is 0 Å². The predicted octanol–water partition coefficient (Wildman–Crippen LogP) is 2.79. The molecule has 0 spiro atoms. The maximum atomic E-state index is 12.4. The number of aromatic nitrogens is 2. The number of rotatable bonds is 4. The molecule has 1 aliphatic heterocycles. The Labute approximate surface area is 135 Å². The highest BCUT2D eigenvalue weighted by Crippen LogP contribution is 2.27. The Balaban J connectivity index is 1.73. The third-order valence-corrected chi connectivity index (χ3v) is 4.24. The van der Waals surface area contributed by atoms with E-state index >= 15 is 0 Å². The standard InChI is InChI=1S/C17H21N3O3/c1-11-7-4-5-8-13(11)14-19-15(23-20-14)12(2)18-16(21)17(3)9-6-10-22-17/h4-5,7-8,12H,6,9-10H2,1-3H3,(H,18,21)/t12-,17+/m1/s1. The lowest BCUT2D eigenvalue weighted by Crippen LogP contribution is -2.44. The van der Waals surface area contributed by atoms with Gasteiger partial charge in [0.05, 0.1) is 0 Å². The number of nitrogens with one attached hydrogen (secondary N) is 1. The summed E-state index contributed by atoms with van der Waals surface area (Å²) in [6.07, 6.45) is 1.63. The SMILES string of the molecule is Cc1ccccc1-c1noc([C@@H](C)NC(=O)[C@]2(C)CCCO2)n1. The van der Waals surface area contributed by atoms with E-state index < -0.39 is 5.60 Å². The average molecular weight is 315 g/mol. The number of nitrogens with zero attached hydrogens (tertiary/aromatic N) is 2. The Morgan fingerprint density at radius 2 is 2.17 bits per heavy atom. The van der Waals surface area contributed by atoms with Gasteiger partial charge in [0.15, 0.2) is 0 Å². The van der Waals surface area contributed by atoms with Crippen molar-refractivity contribution in [1.82, 2.24) is 15.5 Å². The second-order valence-electron chi connectivity index (χ2n) is 6.15. The van der Waals surface area contributed by atoms with Crippen molar-refractivity contribution in [2.45, 2.75) is 45.3 Å². The fourth-order valence-electron chi connectivity index (χ4n) is 2.71. The van der Waals surface area contributed by atoms with Crippen LogP contribution in [0.3, 0.4) is 0 Å². The molecule has 1 aliphatic rings. The van der Waals surface area contributed by atoms with Crippen molar-refractivity contribution in [2.75, 3.05) is 6.61 Å². The van der Waals surface area contributed by atoms with E-state index in [2.05, 4.69) is 15.5 Å². The third kappa shape index (κ3) is 3.12. The monoisotopic (exact) mass is 315 g/mol. The van der Waals surface area contributed by atoms with Crippen LogP contribution >= 0.6 is 0 Å². The molecule has 6 heteroatoms. The fraction of sp³-hybridized carbons (Fsp3) is 0.471. The van der Waals surface area contributed by atoms with Crippen LogP contribution < -0.4 is 5.32 Å². The summed E-state index contributed by atoms with van der Waals surface area (Å²) in [6.45, 7) is 6.26. The molecule has 1 saturated heterocycles. The maximum absolute atomic E-state index is 12.4. The molecule has 6 nitrogen and oxygen atoms in total. The van der Waals surface area contributed by atoms with Crippen LogP contribution in [0.1, 0.15) is 44.2 Å². The van der Waals surface area contributed by atoms with Crippen molar-refractivity contribution < 1.29 is 14.1 Å². The molecule has 3 rings (SSSR count). The molecule has 0 saturated carbocycles. The van der Waals surface area contributed by atoms with E-state index in [4.69, 9.17) is 9.26 Å². The minimum absolute atomic E-state index is 0.141. The summed E-state index contributed by atoms with van der Waals surface area (Å²) >= 11 is 0. The van der Waals surface area contributed by atoms with E-state index in [0.717, 1.165) is 24.0 Å². The highest BCUT2D eigenvalue weighted by atomic mass is 16.5. The lowest BCUT2D eigenvalue weighted by Gasteiger charge is -2.23. The summed E-state index contributed by atoms with van der Waals surface area (Å²) in [7, 11) is 0. The summed E-state index contributed by atoms with van der Waals surface area (Å²) in [5, 5.41) is 6.92. The Morgan fingerprint density at radius 1 is 1.39 bits per heavy atom. The van der Waals surface area contributed by atoms with Gasteiger partial charge in [0, 0.05) is 12.2 Å². The number of ether oxygens (including phenoxy) is 1. The Morgan fingerprint density at radius 3 is 2.87 bits per heavy atom. The Bertz CT molecular complexity index is 705. The van der Waals surface area contributed by atoms with E-state index in [9.17, 15) is 4.79 Å². The number of hydrogen-bond donors (Lipinski definition) is 1. The minimum Gasteiger partial charge on any atom is -0.365 e. The highest BCUT2D eigenvalue weighted by molar-refractivity contribution is 5.85. The van der Waals surface area contributed by atoms with Crippen LogP contribution in [-0.2, 0) is 9.53 Å². The van der Waals surface area contributed by atoms with Crippen molar-refractivity contribution in [3.05, 3.63) is 35.7 Å². The number of carbonyl (C=O) groups is 1. The first-order chi connectivity index (χ1) is 11.0. The van der Waals surface area contributed by atoms with Crippen LogP contribution in [0.25, 0.3) is 11.4 Å². The summed E-state index contributed by atoms with van der Waals surface area (Å²) in [4.78, 5) is 16.8. The molecular weight excluding hydrogens is 294 g/mol. The maximum Gasteiger partial charge on any atom is 0.252 e. The minimum atomic E-state index is -0.757. The number of carbonyl (C=O) groups excluding carboxylic acids is 1. The molecule has 2 heterocycles. The molecule has 122 valence electrons. The zero-order valence-electron chi connectivity index (χ0n) is 13.6. The average Bonchev–Trinajstić information content (AvgIpc) is 3.17. The first-order valence-electron chi connectivity index (χ1n) is 7.84. The second kappa shape index (κ2) is 6.12. The van der Waals surface area contributed by atoms with Gasteiger partial charge in [-0.2, -0.15) is 4.98 Å². The molecule has 1 N–H and O–H groups in total. The molecule has 1 aromatic heterocycles. The van der Waals surface area contributed by atoms with Crippen LogP contribution in [0, 0.1) is 6.92 Å².